The number of benzene rings is 2. The number of amides is 2. The maximum absolute atomic E-state index is 13.9. The van der Waals surface area contributed by atoms with Crippen molar-refractivity contribution in [1.29, 1.82) is 0 Å². The second-order valence-corrected chi connectivity index (χ2v) is 7.02. The number of ether oxygens (including phenoxy) is 3. The van der Waals surface area contributed by atoms with Gasteiger partial charge < -0.3 is 24.4 Å². The number of hydrogen-bond donors (Lipinski definition) is 1. The molecule has 2 heterocycles. The molecule has 9 heteroatoms. The Kier molecular flexibility index (Phi) is 5.87. The molecule has 30 heavy (non-hydrogen) atoms. The standard InChI is InChI=1S/C21H19ClFN3O4/c1-28-7-6-26(21(27)25-16-5-3-2-4-15(16)23)11-14-8-13-9-18-19(30-12-29-18)10-17(13)24-20(14)22/h2-5,8-10H,6-7,11-12H2,1H3,(H,25,27). The van der Waals surface area contributed by atoms with Crippen LogP contribution in [0, 0.1) is 5.82 Å². The number of urea groups is 1. The number of carbonyl (C=O) groups is 1. The second kappa shape index (κ2) is 8.73. The lowest BCUT2D eigenvalue weighted by atomic mass is 10.1. The van der Waals surface area contributed by atoms with Crippen molar-refractivity contribution < 1.29 is 23.4 Å². The number of carbonyl (C=O) groups excluding carboxylic acids is 1. The first-order chi connectivity index (χ1) is 14.5. The lowest BCUT2D eigenvalue weighted by Crippen LogP contribution is -2.37. The minimum absolute atomic E-state index is 0.0976. The third kappa shape index (κ3) is 4.24. The Bertz CT molecular complexity index is 1100. The van der Waals surface area contributed by atoms with Gasteiger partial charge in [0.05, 0.1) is 24.4 Å². The van der Waals surface area contributed by atoms with E-state index in [0.29, 0.717) is 29.2 Å². The fourth-order valence-corrected chi connectivity index (χ4v) is 3.32. The number of methoxy groups -OCH3 is 1. The zero-order valence-corrected chi connectivity index (χ0v) is 16.9. The Morgan fingerprint density at radius 1 is 1.27 bits per heavy atom. The van der Waals surface area contributed by atoms with Gasteiger partial charge in [-0.15, -0.1) is 0 Å². The van der Waals surface area contributed by atoms with Crippen molar-refractivity contribution in [3.63, 3.8) is 0 Å². The summed E-state index contributed by atoms with van der Waals surface area (Å²) in [6, 6.07) is 10.9. The summed E-state index contributed by atoms with van der Waals surface area (Å²) >= 11 is 6.39. The van der Waals surface area contributed by atoms with E-state index in [0.717, 1.165) is 5.39 Å². The molecule has 156 valence electrons. The summed E-state index contributed by atoms with van der Waals surface area (Å²) in [6.07, 6.45) is 0. The van der Waals surface area contributed by atoms with Gasteiger partial charge in [-0.25, -0.2) is 14.2 Å². The Labute approximate surface area is 177 Å². The van der Waals surface area contributed by atoms with Gasteiger partial charge in [-0.1, -0.05) is 23.7 Å². The number of aromatic nitrogens is 1. The molecule has 1 aliphatic rings. The highest BCUT2D eigenvalue weighted by Crippen LogP contribution is 2.36. The van der Waals surface area contributed by atoms with Crippen LogP contribution in [0.3, 0.4) is 0 Å². The maximum Gasteiger partial charge on any atom is 0.322 e. The first-order valence-corrected chi connectivity index (χ1v) is 9.61. The highest BCUT2D eigenvalue weighted by Gasteiger charge is 2.20. The average molecular weight is 432 g/mol. The quantitative estimate of drug-likeness (QED) is 0.584. The van der Waals surface area contributed by atoms with Crippen LogP contribution in [0.1, 0.15) is 5.56 Å². The normalized spacial score (nSPS) is 12.2. The third-order valence-electron chi connectivity index (χ3n) is 4.66. The van der Waals surface area contributed by atoms with Gasteiger partial charge in [0.2, 0.25) is 6.79 Å². The van der Waals surface area contributed by atoms with Gasteiger partial charge in [0.1, 0.15) is 11.0 Å². The van der Waals surface area contributed by atoms with Gasteiger partial charge in [0, 0.05) is 30.7 Å². The Morgan fingerprint density at radius 2 is 2.03 bits per heavy atom. The van der Waals surface area contributed by atoms with Crippen LogP contribution in [0.5, 0.6) is 11.5 Å². The summed E-state index contributed by atoms with van der Waals surface area (Å²) in [5.74, 6) is 0.731. The monoisotopic (exact) mass is 431 g/mol. The van der Waals surface area contributed by atoms with Crippen LogP contribution in [0.25, 0.3) is 10.9 Å². The summed E-state index contributed by atoms with van der Waals surface area (Å²) in [7, 11) is 1.54. The molecular formula is C21H19ClFN3O4. The number of para-hydroxylation sites is 1. The molecule has 0 saturated heterocycles. The van der Waals surface area contributed by atoms with Gasteiger partial charge in [-0.3, -0.25) is 0 Å². The second-order valence-electron chi connectivity index (χ2n) is 6.66. The number of hydrogen-bond acceptors (Lipinski definition) is 5. The molecule has 1 N–H and O–H groups in total. The molecule has 2 aromatic carbocycles. The van der Waals surface area contributed by atoms with E-state index in [4.69, 9.17) is 25.8 Å². The molecule has 0 atom stereocenters. The molecule has 2 amide bonds. The fourth-order valence-electron chi connectivity index (χ4n) is 3.11. The molecule has 0 spiro atoms. The minimum Gasteiger partial charge on any atom is -0.454 e. The van der Waals surface area contributed by atoms with Crippen LogP contribution < -0.4 is 14.8 Å². The topological polar surface area (TPSA) is 72.9 Å². The molecule has 0 bridgehead atoms. The molecule has 7 nitrogen and oxygen atoms in total. The SMILES string of the molecule is COCCN(Cc1cc2cc3c(cc2nc1Cl)OCO3)C(=O)Nc1ccccc1F. The number of nitrogens with zero attached hydrogens (tertiary/aromatic N) is 2. The van der Waals surface area contributed by atoms with Gasteiger partial charge in [-0.2, -0.15) is 0 Å². The largest absolute Gasteiger partial charge is 0.454 e. The van der Waals surface area contributed by atoms with E-state index in [1.807, 2.05) is 12.1 Å². The molecule has 1 aliphatic heterocycles. The van der Waals surface area contributed by atoms with Gasteiger partial charge in [0.25, 0.3) is 0 Å². The molecule has 3 aromatic rings. The summed E-state index contributed by atoms with van der Waals surface area (Å²) < 4.78 is 29.8. The zero-order valence-electron chi connectivity index (χ0n) is 16.2. The molecule has 0 radical (unpaired) electrons. The van der Waals surface area contributed by atoms with Crippen molar-refractivity contribution in [1.82, 2.24) is 9.88 Å². The van der Waals surface area contributed by atoms with E-state index in [1.165, 1.54) is 17.0 Å². The zero-order chi connectivity index (χ0) is 21.1. The fraction of sp³-hybridized carbons (Fsp3) is 0.238. The third-order valence-corrected chi connectivity index (χ3v) is 4.99. The summed E-state index contributed by atoms with van der Waals surface area (Å²) in [6.45, 7) is 0.918. The highest BCUT2D eigenvalue weighted by molar-refractivity contribution is 6.30. The van der Waals surface area contributed by atoms with Crippen LogP contribution in [0.4, 0.5) is 14.9 Å². The van der Waals surface area contributed by atoms with Crippen LogP contribution in [0.15, 0.2) is 42.5 Å². The van der Waals surface area contributed by atoms with Gasteiger partial charge in [-0.05, 0) is 24.3 Å². The van der Waals surface area contributed by atoms with Crippen LogP contribution in [-0.2, 0) is 11.3 Å². The molecule has 0 unspecified atom stereocenters. The van der Waals surface area contributed by atoms with Crippen molar-refractivity contribution >= 4 is 34.2 Å². The van der Waals surface area contributed by atoms with Crippen molar-refractivity contribution in [3.05, 3.63) is 59.0 Å². The summed E-state index contributed by atoms with van der Waals surface area (Å²) in [5.41, 5.74) is 1.40. The van der Waals surface area contributed by atoms with E-state index >= 15 is 0 Å². The number of pyridine rings is 1. The predicted octanol–water partition coefficient (Wildman–Crippen LogP) is 4.44. The van der Waals surface area contributed by atoms with Crippen molar-refractivity contribution in [2.45, 2.75) is 6.54 Å². The van der Waals surface area contributed by atoms with Crippen molar-refractivity contribution in [2.24, 2.45) is 0 Å². The van der Waals surface area contributed by atoms with Gasteiger partial charge in [0.15, 0.2) is 11.5 Å². The van der Waals surface area contributed by atoms with Crippen molar-refractivity contribution in [3.8, 4) is 11.5 Å². The maximum atomic E-state index is 13.9. The van der Waals surface area contributed by atoms with Crippen LogP contribution in [-0.4, -0.2) is 43.0 Å². The first kappa shape index (κ1) is 20.2. The Morgan fingerprint density at radius 3 is 2.80 bits per heavy atom. The van der Waals surface area contributed by atoms with Gasteiger partial charge >= 0.3 is 6.03 Å². The molecule has 1 aromatic heterocycles. The average Bonchev–Trinajstić information content (AvgIpc) is 3.18. The highest BCUT2D eigenvalue weighted by atomic mass is 35.5. The number of anilines is 1. The molecule has 0 saturated carbocycles. The Hall–Kier alpha value is -3.10. The lowest BCUT2D eigenvalue weighted by Gasteiger charge is -2.23. The minimum atomic E-state index is -0.515. The van der Waals surface area contributed by atoms with E-state index < -0.39 is 11.8 Å². The molecular weight excluding hydrogens is 413 g/mol. The van der Waals surface area contributed by atoms with E-state index in [9.17, 15) is 9.18 Å². The molecule has 0 aliphatic carbocycles. The number of fused-ring (bicyclic) bond motifs is 2. The van der Waals surface area contributed by atoms with Crippen LogP contribution in [0.2, 0.25) is 5.15 Å². The lowest BCUT2D eigenvalue weighted by molar-refractivity contribution is 0.152. The van der Waals surface area contributed by atoms with E-state index in [1.54, 1.807) is 25.3 Å². The number of rotatable bonds is 6. The predicted molar refractivity (Wildman–Crippen MR) is 111 cm³/mol. The Balaban J connectivity index is 1.60. The smallest absolute Gasteiger partial charge is 0.322 e. The van der Waals surface area contributed by atoms with Crippen LogP contribution >= 0.6 is 11.6 Å². The number of halogens is 2. The summed E-state index contributed by atoms with van der Waals surface area (Å²) in [4.78, 5) is 18.7. The molecule has 0 fully saturated rings. The molecule has 4 rings (SSSR count). The van der Waals surface area contributed by atoms with E-state index in [-0.39, 0.29) is 30.7 Å². The van der Waals surface area contributed by atoms with E-state index in [2.05, 4.69) is 10.3 Å². The number of nitrogens with one attached hydrogen (secondary N) is 1. The first-order valence-electron chi connectivity index (χ1n) is 9.23. The summed E-state index contributed by atoms with van der Waals surface area (Å²) in [5, 5.41) is 3.66. The van der Waals surface area contributed by atoms with Crippen molar-refractivity contribution in [2.75, 3.05) is 32.4 Å².